The van der Waals surface area contributed by atoms with Gasteiger partial charge in [-0.05, 0) is 36.8 Å². The van der Waals surface area contributed by atoms with Crippen molar-refractivity contribution in [2.75, 3.05) is 13.2 Å². The Labute approximate surface area is 196 Å². The van der Waals surface area contributed by atoms with Crippen LogP contribution in [-0.4, -0.2) is 44.7 Å². The monoisotopic (exact) mass is 462 g/mol. The van der Waals surface area contributed by atoms with E-state index in [1.54, 1.807) is 41.2 Å². The summed E-state index contributed by atoms with van der Waals surface area (Å²) in [7, 11) is 0. The SMILES string of the molecule is CCNC(=O)[C@@H]1[C@@H](CO)[C@@H]2Cn3c(ccc(-c4ccccc4F)c3=O)[C@H]1N2Cc1cccnc1. The Morgan fingerprint density at radius 3 is 2.71 bits per heavy atom. The van der Waals surface area contributed by atoms with Crippen LogP contribution in [0.4, 0.5) is 4.39 Å². The van der Waals surface area contributed by atoms with E-state index in [1.807, 2.05) is 25.1 Å². The highest BCUT2D eigenvalue weighted by Gasteiger charge is 2.55. The number of halogens is 1. The van der Waals surface area contributed by atoms with E-state index in [1.165, 1.54) is 6.07 Å². The molecule has 3 aromatic rings. The molecule has 5 rings (SSSR count). The molecule has 2 aliphatic heterocycles. The number of aromatic nitrogens is 2. The van der Waals surface area contributed by atoms with Crippen LogP contribution in [0.2, 0.25) is 0 Å². The van der Waals surface area contributed by atoms with Gasteiger partial charge in [0.15, 0.2) is 0 Å². The molecule has 1 saturated heterocycles. The number of benzene rings is 1. The molecule has 0 spiro atoms. The summed E-state index contributed by atoms with van der Waals surface area (Å²) in [6.07, 6.45) is 3.50. The number of rotatable bonds is 6. The van der Waals surface area contributed by atoms with E-state index in [-0.39, 0.29) is 41.2 Å². The number of hydrogen-bond donors (Lipinski definition) is 2. The number of nitrogens with zero attached hydrogens (tertiary/aromatic N) is 3. The van der Waals surface area contributed by atoms with Gasteiger partial charge in [0.1, 0.15) is 5.82 Å². The van der Waals surface area contributed by atoms with Gasteiger partial charge in [0.2, 0.25) is 5.91 Å². The number of carbonyl (C=O) groups excluding carboxylic acids is 1. The second-order valence-electron chi connectivity index (χ2n) is 8.88. The second kappa shape index (κ2) is 9.12. The lowest BCUT2D eigenvalue weighted by atomic mass is 9.86. The Morgan fingerprint density at radius 1 is 1.18 bits per heavy atom. The van der Waals surface area contributed by atoms with E-state index in [4.69, 9.17) is 0 Å². The number of carbonyl (C=O) groups is 1. The first-order valence-electron chi connectivity index (χ1n) is 11.6. The molecule has 4 heterocycles. The molecule has 1 amide bonds. The van der Waals surface area contributed by atoms with Crippen LogP contribution in [0.25, 0.3) is 11.1 Å². The van der Waals surface area contributed by atoms with Gasteiger partial charge in [-0.2, -0.15) is 0 Å². The van der Waals surface area contributed by atoms with Crippen LogP contribution in [0.3, 0.4) is 0 Å². The van der Waals surface area contributed by atoms with Crippen molar-refractivity contribution in [2.45, 2.75) is 32.1 Å². The van der Waals surface area contributed by atoms with Gasteiger partial charge in [0.25, 0.3) is 5.56 Å². The largest absolute Gasteiger partial charge is 0.396 e. The molecule has 7 nitrogen and oxygen atoms in total. The molecule has 0 aliphatic carbocycles. The zero-order chi connectivity index (χ0) is 23.8. The van der Waals surface area contributed by atoms with Gasteiger partial charge >= 0.3 is 0 Å². The number of aliphatic hydroxyl groups excluding tert-OH is 1. The Hall–Kier alpha value is -3.36. The van der Waals surface area contributed by atoms with E-state index < -0.39 is 17.8 Å². The molecule has 4 atom stereocenters. The summed E-state index contributed by atoms with van der Waals surface area (Å²) in [4.78, 5) is 33.1. The molecule has 8 heteroatoms. The lowest BCUT2D eigenvalue weighted by Gasteiger charge is -2.38. The highest BCUT2D eigenvalue weighted by Crippen LogP contribution is 2.49. The predicted octanol–water partition coefficient (Wildman–Crippen LogP) is 2.35. The average molecular weight is 463 g/mol. The highest BCUT2D eigenvalue weighted by molar-refractivity contribution is 5.80. The molecule has 0 unspecified atom stereocenters. The number of aliphatic hydroxyl groups is 1. The number of fused-ring (bicyclic) bond motifs is 4. The van der Waals surface area contributed by atoms with E-state index in [0.29, 0.717) is 25.3 Å². The smallest absolute Gasteiger partial charge is 0.258 e. The predicted molar refractivity (Wildman–Crippen MR) is 125 cm³/mol. The topological polar surface area (TPSA) is 87.5 Å². The maximum absolute atomic E-state index is 14.5. The third-order valence-corrected chi connectivity index (χ3v) is 7.08. The third kappa shape index (κ3) is 3.63. The van der Waals surface area contributed by atoms with Gasteiger partial charge in [-0.3, -0.25) is 19.5 Å². The summed E-state index contributed by atoms with van der Waals surface area (Å²) in [6.45, 7) is 3.02. The van der Waals surface area contributed by atoms with Crippen LogP contribution in [0.1, 0.15) is 24.2 Å². The standard InChI is InChI=1S/C26H27FN4O3/c1-2-29-25(33)23-19(15-32)22-14-31-21(24(23)30(22)13-16-6-5-11-28-12-16)10-9-18(26(31)34)17-7-3-4-8-20(17)27/h3-12,19,22-24,32H,2,13-15H2,1H3,(H,29,33)/t19-,22-,23+,24+/m0/s1. The molecule has 2 N–H and O–H groups in total. The van der Waals surface area contributed by atoms with Crippen molar-refractivity contribution < 1.29 is 14.3 Å². The van der Waals surface area contributed by atoms with Gasteiger partial charge in [-0.1, -0.05) is 24.3 Å². The number of nitrogens with one attached hydrogen (secondary N) is 1. The van der Waals surface area contributed by atoms with Crippen molar-refractivity contribution in [3.63, 3.8) is 0 Å². The van der Waals surface area contributed by atoms with Crippen LogP contribution in [0, 0.1) is 17.7 Å². The van der Waals surface area contributed by atoms with E-state index in [9.17, 15) is 19.1 Å². The normalized spacial score (nSPS) is 23.5. The molecule has 0 radical (unpaired) electrons. The van der Waals surface area contributed by atoms with Crippen molar-refractivity contribution in [1.29, 1.82) is 0 Å². The molecule has 2 aliphatic rings. The highest BCUT2D eigenvalue weighted by atomic mass is 19.1. The van der Waals surface area contributed by atoms with E-state index >= 15 is 0 Å². The lowest BCUT2D eigenvalue weighted by Crippen LogP contribution is -2.46. The minimum atomic E-state index is -0.515. The van der Waals surface area contributed by atoms with Gasteiger partial charge in [0.05, 0.1) is 17.5 Å². The maximum atomic E-state index is 14.5. The first kappa shape index (κ1) is 22.4. The zero-order valence-corrected chi connectivity index (χ0v) is 18.9. The van der Waals surface area contributed by atoms with Crippen molar-refractivity contribution in [3.8, 4) is 11.1 Å². The summed E-state index contributed by atoms with van der Waals surface area (Å²) in [5, 5.41) is 13.3. The van der Waals surface area contributed by atoms with Crippen molar-refractivity contribution >= 4 is 5.91 Å². The summed E-state index contributed by atoms with van der Waals surface area (Å²) in [6, 6.07) is 12.9. The fraction of sp³-hybridized carbons (Fsp3) is 0.346. The van der Waals surface area contributed by atoms with E-state index in [0.717, 1.165) is 5.56 Å². The molecule has 34 heavy (non-hydrogen) atoms. The van der Waals surface area contributed by atoms with Gasteiger partial charge < -0.3 is 15.0 Å². The van der Waals surface area contributed by atoms with Crippen LogP contribution < -0.4 is 10.9 Å². The third-order valence-electron chi connectivity index (χ3n) is 7.08. The second-order valence-corrected chi connectivity index (χ2v) is 8.88. The molecular weight excluding hydrogens is 435 g/mol. The molecule has 2 bridgehead atoms. The summed E-state index contributed by atoms with van der Waals surface area (Å²) >= 11 is 0. The van der Waals surface area contributed by atoms with Crippen LogP contribution in [0.5, 0.6) is 0 Å². The zero-order valence-electron chi connectivity index (χ0n) is 18.9. The molecule has 1 aromatic carbocycles. The van der Waals surface area contributed by atoms with Crippen LogP contribution in [0.15, 0.2) is 65.7 Å². The summed E-state index contributed by atoms with van der Waals surface area (Å²) < 4.78 is 16.1. The average Bonchev–Trinajstić information content (AvgIpc) is 3.05. The molecule has 176 valence electrons. The first-order valence-corrected chi connectivity index (χ1v) is 11.6. The Morgan fingerprint density at radius 2 is 2.00 bits per heavy atom. The molecule has 2 aromatic heterocycles. The van der Waals surface area contributed by atoms with Crippen molar-refractivity contribution in [3.05, 3.63) is 88.4 Å². The maximum Gasteiger partial charge on any atom is 0.258 e. The Bertz CT molecular complexity index is 1260. The lowest BCUT2D eigenvalue weighted by molar-refractivity contribution is -0.127. The summed E-state index contributed by atoms with van der Waals surface area (Å²) in [5.74, 6) is -1.45. The molecule has 1 fully saturated rings. The quantitative estimate of drug-likeness (QED) is 0.587. The number of hydrogen-bond acceptors (Lipinski definition) is 5. The van der Waals surface area contributed by atoms with Crippen LogP contribution in [-0.2, 0) is 17.9 Å². The minimum Gasteiger partial charge on any atom is -0.396 e. The van der Waals surface area contributed by atoms with Gasteiger partial charge in [-0.25, -0.2) is 4.39 Å². The fourth-order valence-corrected chi connectivity index (χ4v) is 5.62. The Balaban J connectivity index is 1.64. The molecule has 0 saturated carbocycles. The van der Waals surface area contributed by atoms with Crippen molar-refractivity contribution in [2.24, 2.45) is 11.8 Å². The first-order chi connectivity index (χ1) is 16.5. The van der Waals surface area contributed by atoms with Crippen LogP contribution >= 0.6 is 0 Å². The molecular formula is C26H27FN4O3. The number of amides is 1. The van der Waals surface area contributed by atoms with Crippen molar-refractivity contribution in [1.82, 2.24) is 19.8 Å². The summed E-state index contributed by atoms with van der Waals surface area (Å²) in [5.41, 5.74) is 1.96. The number of pyridine rings is 2. The van der Waals surface area contributed by atoms with Gasteiger partial charge in [0, 0.05) is 61.9 Å². The fourth-order valence-electron chi connectivity index (χ4n) is 5.62. The Kier molecular flexibility index (Phi) is 6.02. The van der Waals surface area contributed by atoms with Gasteiger partial charge in [-0.15, -0.1) is 0 Å². The van der Waals surface area contributed by atoms with E-state index in [2.05, 4.69) is 15.2 Å². The minimum absolute atomic E-state index is 0.135.